The lowest BCUT2D eigenvalue weighted by Crippen LogP contribution is -2.04. The summed E-state index contributed by atoms with van der Waals surface area (Å²) in [5, 5.41) is 9.39. The lowest BCUT2D eigenvalue weighted by atomic mass is 10.1. The second kappa shape index (κ2) is 3.87. The van der Waals surface area contributed by atoms with Crippen LogP contribution in [0.25, 0.3) is 0 Å². The zero-order chi connectivity index (χ0) is 9.14. The predicted molar refractivity (Wildman–Crippen MR) is 46.8 cm³/mol. The maximum atomic E-state index is 12.7. The van der Waals surface area contributed by atoms with Crippen molar-refractivity contribution in [2.75, 3.05) is 0 Å². The van der Waals surface area contributed by atoms with Crippen LogP contribution in [-0.2, 0) is 6.42 Å². The molecule has 0 spiro atoms. The van der Waals surface area contributed by atoms with Crippen LogP contribution in [0, 0.1) is 5.82 Å². The maximum Gasteiger partial charge on any atom is 0.124 e. The van der Waals surface area contributed by atoms with Crippen LogP contribution in [0.3, 0.4) is 0 Å². The Morgan fingerprint density at radius 1 is 1.50 bits per heavy atom. The Bertz CT molecular complexity index is 253. The molecule has 1 N–H and O–H groups in total. The molecule has 1 rings (SSSR count). The second-order valence-corrected chi connectivity index (χ2v) is 3.27. The third-order valence-corrected chi connectivity index (χ3v) is 1.67. The number of benzene rings is 1. The van der Waals surface area contributed by atoms with Crippen LogP contribution < -0.4 is 0 Å². The van der Waals surface area contributed by atoms with Crippen LogP contribution in [0.1, 0.15) is 12.5 Å². The van der Waals surface area contributed by atoms with Gasteiger partial charge in [0.25, 0.3) is 0 Å². The molecule has 0 heterocycles. The topological polar surface area (TPSA) is 20.2 Å². The first-order valence-electron chi connectivity index (χ1n) is 3.71. The van der Waals surface area contributed by atoms with Crippen LogP contribution in [0.15, 0.2) is 18.2 Å². The average Bonchev–Trinajstić information content (AvgIpc) is 1.81. The number of halogens is 2. The van der Waals surface area contributed by atoms with E-state index in [2.05, 4.69) is 0 Å². The molecule has 0 fully saturated rings. The molecular formula is C9H10ClFO. The standard InChI is InChI=1S/C9H10ClFO/c1-6(12)2-7-3-8(10)5-9(11)4-7/h3-6,12H,2H2,1H3/t6-/m1/s1. The van der Waals surface area contributed by atoms with Crippen molar-refractivity contribution < 1.29 is 9.50 Å². The minimum Gasteiger partial charge on any atom is -0.393 e. The second-order valence-electron chi connectivity index (χ2n) is 2.83. The number of hydrogen-bond donors (Lipinski definition) is 1. The quantitative estimate of drug-likeness (QED) is 0.756. The first kappa shape index (κ1) is 9.49. The summed E-state index contributed by atoms with van der Waals surface area (Å²) in [6, 6.07) is 4.27. The molecular weight excluding hydrogens is 179 g/mol. The fourth-order valence-electron chi connectivity index (χ4n) is 1.07. The number of hydrogen-bond acceptors (Lipinski definition) is 1. The normalized spacial score (nSPS) is 13.0. The van der Waals surface area contributed by atoms with Gasteiger partial charge in [0.05, 0.1) is 6.10 Å². The largest absolute Gasteiger partial charge is 0.393 e. The smallest absolute Gasteiger partial charge is 0.124 e. The van der Waals surface area contributed by atoms with E-state index in [1.54, 1.807) is 13.0 Å². The van der Waals surface area contributed by atoms with Gasteiger partial charge in [-0.15, -0.1) is 0 Å². The molecule has 66 valence electrons. The molecule has 0 radical (unpaired) electrons. The van der Waals surface area contributed by atoms with E-state index in [9.17, 15) is 4.39 Å². The Labute approximate surface area is 75.8 Å². The minimum absolute atomic E-state index is 0.363. The third kappa shape index (κ3) is 2.80. The first-order valence-corrected chi connectivity index (χ1v) is 4.09. The summed E-state index contributed by atoms with van der Waals surface area (Å²) in [7, 11) is 0. The molecule has 1 aromatic rings. The molecule has 12 heavy (non-hydrogen) atoms. The lowest BCUT2D eigenvalue weighted by molar-refractivity contribution is 0.195. The van der Waals surface area contributed by atoms with E-state index in [1.165, 1.54) is 12.1 Å². The molecule has 0 amide bonds. The molecule has 1 nitrogen and oxygen atoms in total. The van der Waals surface area contributed by atoms with E-state index in [0.29, 0.717) is 11.4 Å². The van der Waals surface area contributed by atoms with Crippen LogP contribution in [0.5, 0.6) is 0 Å². The molecule has 0 aromatic heterocycles. The summed E-state index contributed by atoms with van der Waals surface area (Å²) in [6.45, 7) is 1.65. The highest BCUT2D eigenvalue weighted by molar-refractivity contribution is 6.30. The Kier molecular flexibility index (Phi) is 3.06. The summed E-state index contributed by atoms with van der Waals surface area (Å²) in [5.74, 6) is -0.363. The van der Waals surface area contributed by atoms with Gasteiger partial charge in [-0.25, -0.2) is 4.39 Å². The predicted octanol–water partition coefficient (Wildman–Crippen LogP) is 2.40. The summed E-state index contributed by atoms with van der Waals surface area (Å²) in [6.07, 6.45) is -0.0415. The van der Waals surface area contributed by atoms with Gasteiger partial charge in [0.2, 0.25) is 0 Å². The molecule has 0 saturated carbocycles. The Hall–Kier alpha value is -0.600. The SMILES string of the molecule is C[C@@H](O)Cc1cc(F)cc(Cl)c1. The van der Waals surface area contributed by atoms with Crippen LogP contribution in [-0.4, -0.2) is 11.2 Å². The first-order chi connectivity index (χ1) is 5.58. The van der Waals surface area contributed by atoms with Crippen molar-refractivity contribution in [3.05, 3.63) is 34.6 Å². The molecule has 1 aromatic carbocycles. The van der Waals surface area contributed by atoms with Crippen molar-refractivity contribution in [2.45, 2.75) is 19.4 Å². The minimum atomic E-state index is -0.470. The highest BCUT2D eigenvalue weighted by atomic mass is 35.5. The van der Waals surface area contributed by atoms with E-state index in [1.807, 2.05) is 0 Å². The molecule has 0 saturated heterocycles. The van der Waals surface area contributed by atoms with Gasteiger partial charge in [-0.3, -0.25) is 0 Å². The number of aliphatic hydroxyl groups is 1. The van der Waals surface area contributed by atoms with Gasteiger partial charge in [0.15, 0.2) is 0 Å². The molecule has 3 heteroatoms. The summed E-state index contributed by atoms with van der Waals surface area (Å²) >= 11 is 5.61. The Morgan fingerprint density at radius 3 is 2.67 bits per heavy atom. The summed E-state index contributed by atoms with van der Waals surface area (Å²) < 4.78 is 12.7. The average molecular weight is 189 g/mol. The zero-order valence-corrected chi connectivity index (χ0v) is 7.48. The summed E-state index contributed by atoms with van der Waals surface area (Å²) in [4.78, 5) is 0. The van der Waals surface area contributed by atoms with E-state index < -0.39 is 6.10 Å². The summed E-state index contributed by atoms with van der Waals surface area (Å²) in [5.41, 5.74) is 0.718. The fourth-order valence-corrected chi connectivity index (χ4v) is 1.31. The molecule has 0 aliphatic heterocycles. The number of aliphatic hydroxyl groups excluding tert-OH is 1. The van der Waals surface area contributed by atoms with E-state index in [4.69, 9.17) is 16.7 Å². The third-order valence-electron chi connectivity index (χ3n) is 1.45. The lowest BCUT2D eigenvalue weighted by Gasteiger charge is -2.04. The molecule has 0 aliphatic carbocycles. The van der Waals surface area contributed by atoms with Gasteiger partial charge < -0.3 is 5.11 Å². The molecule has 1 atom stereocenters. The highest BCUT2D eigenvalue weighted by Crippen LogP contribution is 2.15. The van der Waals surface area contributed by atoms with Crippen LogP contribution >= 0.6 is 11.6 Å². The zero-order valence-electron chi connectivity index (χ0n) is 6.72. The van der Waals surface area contributed by atoms with E-state index in [0.717, 1.165) is 5.56 Å². The van der Waals surface area contributed by atoms with Crippen molar-refractivity contribution >= 4 is 11.6 Å². The van der Waals surface area contributed by atoms with Crippen molar-refractivity contribution in [3.63, 3.8) is 0 Å². The highest BCUT2D eigenvalue weighted by Gasteiger charge is 2.02. The van der Waals surface area contributed by atoms with Crippen LogP contribution in [0.2, 0.25) is 5.02 Å². The van der Waals surface area contributed by atoms with E-state index in [-0.39, 0.29) is 5.82 Å². The van der Waals surface area contributed by atoms with Crippen molar-refractivity contribution in [3.8, 4) is 0 Å². The van der Waals surface area contributed by atoms with Gasteiger partial charge >= 0.3 is 0 Å². The Morgan fingerprint density at radius 2 is 2.17 bits per heavy atom. The van der Waals surface area contributed by atoms with Crippen LogP contribution in [0.4, 0.5) is 4.39 Å². The Balaban J connectivity index is 2.85. The fraction of sp³-hybridized carbons (Fsp3) is 0.333. The van der Waals surface area contributed by atoms with Gasteiger partial charge in [-0.2, -0.15) is 0 Å². The van der Waals surface area contributed by atoms with E-state index >= 15 is 0 Å². The van der Waals surface area contributed by atoms with Gasteiger partial charge in [0, 0.05) is 5.02 Å². The van der Waals surface area contributed by atoms with Crippen molar-refractivity contribution in [1.82, 2.24) is 0 Å². The van der Waals surface area contributed by atoms with Gasteiger partial charge in [-0.05, 0) is 37.1 Å². The molecule has 0 unspecified atom stereocenters. The number of rotatable bonds is 2. The van der Waals surface area contributed by atoms with Gasteiger partial charge in [-0.1, -0.05) is 11.6 Å². The molecule has 0 bridgehead atoms. The molecule has 0 aliphatic rings. The monoisotopic (exact) mass is 188 g/mol. The maximum absolute atomic E-state index is 12.7. The van der Waals surface area contributed by atoms with Gasteiger partial charge in [0.1, 0.15) is 5.82 Å². The van der Waals surface area contributed by atoms with Crippen molar-refractivity contribution in [2.24, 2.45) is 0 Å². The van der Waals surface area contributed by atoms with Crippen molar-refractivity contribution in [1.29, 1.82) is 0 Å².